The second-order valence-electron chi connectivity index (χ2n) is 2.21. The topological polar surface area (TPSA) is 61.7 Å². The Bertz CT molecular complexity index is 76.1. The molecule has 0 aliphatic rings. The van der Waals surface area contributed by atoms with E-state index in [0.717, 1.165) is 0 Å². The quantitative estimate of drug-likeness (QED) is 0.420. The lowest BCUT2D eigenvalue weighted by Gasteiger charge is -2.12. The molecule has 0 amide bonds. The van der Waals surface area contributed by atoms with E-state index in [1.54, 1.807) is 0 Å². The normalized spacial score (nSPS) is 10.9. The van der Waals surface area contributed by atoms with Gasteiger partial charge in [-0.05, 0) is 6.92 Å². The molecule has 4 heteroatoms. The zero-order valence-corrected chi connectivity index (χ0v) is 6.92. The molecule has 0 saturated heterocycles. The fraction of sp³-hybridized carbons (Fsp3) is 1.00. The number of rotatable bonds is 7. The Balaban J connectivity index is 3.07. The summed E-state index contributed by atoms with van der Waals surface area (Å²) >= 11 is 0. The Morgan fingerprint density at radius 2 is 2.00 bits per heavy atom. The first-order chi connectivity index (χ1) is 5.35. The van der Waals surface area contributed by atoms with Gasteiger partial charge in [0.1, 0.15) is 0 Å². The predicted molar refractivity (Wildman–Crippen MR) is 42.5 cm³/mol. The maximum atomic E-state index is 8.62. The maximum Gasteiger partial charge on any atom is 0.0607 e. The molecule has 68 valence electrons. The molecule has 0 atom stereocenters. The van der Waals surface area contributed by atoms with Gasteiger partial charge in [-0.1, -0.05) is 0 Å². The summed E-state index contributed by atoms with van der Waals surface area (Å²) in [6, 6.07) is -0.213. The van der Waals surface area contributed by atoms with Crippen LogP contribution in [0.15, 0.2) is 0 Å². The van der Waals surface area contributed by atoms with Gasteiger partial charge in [0, 0.05) is 13.2 Å². The van der Waals surface area contributed by atoms with Gasteiger partial charge in [0.2, 0.25) is 0 Å². The van der Waals surface area contributed by atoms with E-state index in [9.17, 15) is 0 Å². The van der Waals surface area contributed by atoms with E-state index < -0.39 is 0 Å². The summed E-state index contributed by atoms with van der Waals surface area (Å²) in [4.78, 5) is 0. The van der Waals surface area contributed by atoms with Gasteiger partial charge < -0.3 is 20.3 Å². The summed E-state index contributed by atoms with van der Waals surface area (Å²) in [5.74, 6) is 0. The highest BCUT2D eigenvalue weighted by molar-refractivity contribution is 4.62. The van der Waals surface area contributed by atoms with Crippen molar-refractivity contribution in [2.45, 2.75) is 13.0 Å². The van der Waals surface area contributed by atoms with E-state index in [2.05, 4.69) is 5.32 Å². The van der Waals surface area contributed by atoms with Crippen molar-refractivity contribution in [3.05, 3.63) is 0 Å². The molecule has 0 aromatic heterocycles. The molecule has 3 N–H and O–H groups in total. The monoisotopic (exact) mass is 163 g/mol. The Kier molecular flexibility index (Phi) is 7.83. The van der Waals surface area contributed by atoms with Crippen LogP contribution in [0.3, 0.4) is 0 Å². The Morgan fingerprint density at radius 3 is 2.45 bits per heavy atom. The Morgan fingerprint density at radius 1 is 1.36 bits per heavy atom. The summed E-state index contributed by atoms with van der Waals surface area (Å²) in [5, 5.41) is 20.2. The molecule has 0 heterocycles. The first kappa shape index (κ1) is 10.8. The molecule has 0 aromatic rings. The number of nitrogens with one attached hydrogen (secondary N) is 1. The molecule has 0 rings (SSSR count). The first-order valence-corrected chi connectivity index (χ1v) is 3.88. The van der Waals surface area contributed by atoms with Crippen molar-refractivity contribution in [1.82, 2.24) is 5.32 Å². The molecular weight excluding hydrogens is 146 g/mol. The molecule has 11 heavy (non-hydrogen) atoms. The molecule has 4 nitrogen and oxygen atoms in total. The van der Waals surface area contributed by atoms with Crippen molar-refractivity contribution in [1.29, 1.82) is 0 Å². The van der Waals surface area contributed by atoms with Crippen LogP contribution in [0, 0.1) is 0 Å². The molecule has 0 radical (unpaired) electrons. The number of aliphatic hydroxyl groups is 2. The molecule has 0 aromatic carbocycles. The lowest BCUT2D eigenvalue weighted by atomic mass is 10.3. The Labute approximate surface area is 67.2 Å². The maximum absolute atomic E-state index is 8.62. The predicted octanol–water partition coefficient (Wildman–Crippen LogP) is -1.03. The van der Waals surface area contributed by atoms with E-state index in [0.29, 0.717) is 19.8 Å². The summed E-state index contributed by atoms with van der Waals surface area (Å²) in [5.41, 5.74) is 0. The van der Waals surface area contributed by atoms with Crippen LogP contribution in [-0.2, 0) is 4.74 Å². The van der Waals surface area contributed by atoms with Crippen molar-refractivity contribution < 1.29 is 14.9 Å². The number of hydrogen-bond acceptors (Lipinski definition) is 4. The van der Waals surface area contributed by atoms with Gasteiger partial charge in [-0.3, -0.25) is 0 Å². The minimum atomic E-state index is -0.213. The van der Waals surface area contributed by atoms with Gasteiger partial charge in [-0.15, -0.1) is 0 Å². The molecule has 0 bridgehead atoms. The van der Waals surface area contributed by atoms with Crippen LogP contribution in [0.5, 0.6) is 0 Å². The second-order valence-corrected chi connectivity index (χ2v) is 2.21. The lowest BCUT2D eigenvalue weighted by molar-refractivity contribution is 0.129. The average Bonchev–Trinajstić information content (AvgIpc) is 2.05. The highest BCUT2D eigenvalue weighted by Crippen LogP contribution is 1.78. The lowest BCUT2D eigenvalue weighted by Crippen LogP contribution is -2.37. The van der Waals surface area contributed by atoms with Crippen molar-refractivity contribution in [3.63, 3.8) is 0 Å². The van der Waals surface area contributed by atoms with Crippen molar-refractivity contribution >= 4 is 0 Å². The summed E-state index contributed by atoms with van der Waals surface area (Å²) in [6.45, 7) is 3.83. The highest BCUT2D eigenvalue weighted by atomic mass is 16.5. The molecule has 0 unspecified atom stereocenters. The van der Waals surface area contributed by atoms with Crippen molar-refractivity contribution in [3.8, 4) is 0 Å². The van der Waals surface area contributed by atoms with Crippen LogP contribution in [0.25, 0.3) is 0 Å². The standard InChI is InChI=1S/C7H17NO3/c1-2-11-4-3-8-7(5-9)6-10/h7-10H,2-6H2,1H3. The summed E-state index contributed by atoms with van der Waals surface area (Å²) < 4.78 is 5.05. The fourth-order valence-electron chi connectivity index (χ4n) is 0.666. The van der Waals surface area contributed by atoms with E-state index in [-0.39, 0.29) is 19.3 Å². The van der Waals surface area contributed by atoms with Crippen LogP contribution in [-0.4, -0.2) is 49.2 Å². The molecule has 0 saturated carbocycles. The number of ether oxygens (including phenoxy) is 1. The van der Waals surface area contributed by atoms with Crippen LogP contribution in [0.4, 0.5) is 0 Å². The van der Waals surface area contributed by atoms with Gasteiger partial charge in [0.05, 0.1) is 25.9 Å². The van der Waals surface area contributed by atoms with E-state index in [1.165, 1.54) is 0 Å². The third-order valence-corrected chi connectivity index (χ3v) is 1.32. The van der Waals surface area contributed by atoms with Gasteiger partial charge in [-0.25, -0.2) is 0 Å². The highest BCUT2D eigenvalue weighted by Gasteiger charge is 2.02. The molecule has 0 spiro atoms. The van der Waals surface area contributed by atoms with Crippen LogP contribution in [0.2, 0.25) is 0 Å². The van der Waals surface area contributed by atoms with E-state index in [4.69, 9.17) is 14.9 Å². The van der Waals surface area contributed by atoms with Gasteiger partial charge in [0.25, 0.3) is 0 Å². The number of aliphatic hydroxyl groups excluding tert-OH is 2. The van der Waals surface area contributed by atoms with Crippen molar-refractivity contribution in [2.75, 3.05) is 33.0 Å². The van der Waals surface area contributed by atoms with Crippen LogP contribution >= 0.6 is 0 Å². The number of hydrogen-bond donors (Lipinski definition) is 3. The average molecular weight is 163 g/mol. The first-order valence-electron chi connectivity index (χ1n) is 3.88. The minimum absolute atomic E-state index is 0.0391. The zero-order valence-electron chi connectivity index (χ0n) is 6.92. The SMILES string of the molecule is CCOCCNC(CO)CO. The minimum Gasteiger partial charge on any atom is -0.395 e. The van der Waals surface area contributed by atoms with Crippen LogP contribution in [0.1, 0.15) is 6.92 Å². The molecule has 0 aliphatic carbocycles. The van der Waals surface area contributed by atoms with Gasteiger partial charge in [-0.2, -0.15) is 0 Å². The second kappa shape index (κ2) is 7.94. The summed E-state index contributed by atoms with van der Waals surface area (Å²) in [7, 11) is 0. The smallest absolute Gasteiger partial charge is 0.0607 e. The molecule has 0 fully saturated rings. The Hall–Kier alpha value is -0.160. The van der Waals surface area contributed by atoms with Gasteiger partial charge >= 0.3 is 0 Å². The third kappa shape index (κ3) is 6.25. The van der Waals surface area contributed by atoms with E-state index in [1.807, 2.05) is 6.92 Å². The fourth-order valence-corrected chi connectivity index (χ4v) is 0.666. The largest absolute Gasteiger partial charge is 0.395 e. The third-order valence-electron chi connectivity index (χ3n) is 1.32. The molecular formula is C7H17NO3. The zero-order chi connectivity index (χ0) is 8.53. The van der Waals surface area contributed by atoms with Crippen molar-refractivity contribution in [2.24, 2.45) is 0 Å². The van der Waals surface area contributed by atoms with Crippen LogP contribution < -0.4 is 5.32 Å². The van der Waals surface area contributed by atoms with E-state index >= 15 is 0 Å². The molecule has 0 aliphatic heterocycles. The summed E-state index contributed by atoms with van der Waals surface area (Å²) in [6.07, 6.45) is 0. The van der Waals surface area contributed by atoms with Gasteiger partial charge in [0.15, 0.2) is 0 Å².